The second-order valence-electron chi connectivity index (χ2n) is 7.57. The van der Waals surface area contributed by atoms with Crippen molar-refractivity contribution in [2.24, 2.45) is 0 Å². The summed E-state index contributed by atoms with van der Waals surface area (Å²) in [7, 11) is -3.81. The molecule has 0 aromatic heterocycles. The van der Waals surface area contributed by atoms with E-state index in [0.29, 0.717) is 51.1 Å². The largest absolute Gasteiger partial charge is 0.343 e. The van der Waals surface area contributed by atoms with Gasteiger partial charge < -0.3 is 15.1 Å². The average Bonchev–Trinajstić information content (AvgIpc) is 3.12. The fraction of sp³-hybridized carbons (Fsp3) is 0.600. The Balaban J connectivity index is 1.73. The van der Waals surface area contributed by atoms with Crippen molar-refractivity contribution in [2.75, 3.05) is 52.4 Å². The monoisotopic (exact) mass is 422 g/mol. The fourth-order valence-corrected chi connectivity index (χ4v) is 5.47. The van der Waals surface area contributed by atoms with E-state index >= 15 is 0 Å². The van der Waals surface area contributed by atoms with Crippen LogP contribution in [0.25, 0.3) is 0 Å². The number of benzene rings is 1. The number of likely N-dealkylation sites (tertiary alicyclic amines) is 1. The molecule has 0 unspecified atom stereocenters. The van der Waals surface area contributed by atoms with Gasteiger partial charge in [0.2, 0.25) is 21.8 Å². The van der Waals surface area contributed by atoms with E-state index in [2.05, 4.69) is 5.32 Å². The smallest absolute Gasteiger partial charge is 0.243 e. The standard InChI is InChI=1S/C20H30N4O4S/c1-17-6-2-3-7-18(17)29(27,28)24(13-5-12-22-11-4-8-19(22)25)16-20(26)23-14-9-21-10-15-23/h2-3,6-7,21H,4-5,8-16H2,1H3. The third-order valence-corrected chi connectivity index (χ3v) is 7.51. The highest BCUT2D eigenvalue weighted by atomic mass is 32.2. The Kier molecular flexibility index (Phi) is 7.26. The molecule has 2 saturated heterocycles. The lowest BCUT2D eigenvalue weighted by Crippen LogP contribution is -2.50. The predicted molar refractivity (Wildman–Crippen MR) is 110 cm³/mol. The number of amides is 2. The summed E-state index contributed by atoms with van der Waals surface area (Å²) < 4.78 is 27.9. The van der Waals surface area contributed by atoms with Gasteiger partial charge in [-0.15, -0.1) is 0 Å². The number of rotatable bonds is 8. The molecule has 0 aliphatic carbocycles. The van der Waals surface area contributed by atoms with E-state index in [1.807, 2.05) is 0 Å². The first-order valence-corrected chi connectivity index (χ1v) is 11.7. The van der Waals surface area contributed by atoms with Crippen LogP contribution in [0, 0.1) is 6.92 Å². The van der Waals surface area contributed by atoms with Crippen LogP contribution in [0.15, 0.2) is 29.2 Å². The molecule has 1 aromatic carbocycles. The minimum Gasteiger partial charge on any atom is -0.343 e. The van der Waals surface area contributed by atoms with Crippen molar-refractivity contribution in [3.05, 3.63) is 29.8 Å². The van der Waals surface area contributed by atoms with Crippen LogP contribution in [0.3, 0.4) is 0 Å². The molecule has 1 aromatic rings. The highest BCUT2D eigenvalue weighted by Gasteiger charge is 2.30. The summed E-state index contributed by atoms with van der Waals surface area (Å²) in [6.45, 7) is 5.62. The predicted octanol–water partition coefficient (Wildman–Crippen LogP) is 0.430. The van der Waals surface area contributed by atoms with Crippen LogP contribution in [0.5, 0.6) is 0 Å². The molecule has 9 heteroatoms. The van der Waals surface area contributed by atoms with Gasteiger partial charge in [0, 0.05) is 52.2 Å². The Morgan fingerprint density at radius 2 is 1.90 bits per heavy atom. The van der Waals surface area contributed by atoms with Crippen molar-refractivity contribution < 1.29 is 18.0 Å². The Bertz CT molecular complexity index is 837. The third-order valence-electron chi connectivity index (χ3n) is 5.50. The number of nitrogens with one attached hydrogen (secondary N) is 1. The lowest BCUT2D eigenvalue weighted by Gasteiger charge is -2.30. The van der Waals surface area contributed by atoms with Crippen molar-refractivity contribution in [2.45, 2.75) is 31.1 Å². The lowest BCUT2D eigenvalue weighted by atomic mass is 10.2. The molecular formula is C20H30N4O4S. The summed E-state index contributed by atoms with van der Waals surface area (Å²) >= 11 is 0. The van der Waals surface area contributed by atoms with Crippen molar-refractivity contribution in [1.82, 2.24) is 19.4 Å². The molecule has 0 bridgehead atoms. The molecule has 0 saturated carbocycles. The van der Waals surface area contributed by atoms with Crippen molar-refractivity contribution in [3.63, 3.8) is 0 Å². The molecule has 8 nitrogen and oxygen atoms in total. The fourth-order valence-electron chi connectivity index (χ4n) is 3.81. The number of piperazine rings is 1. The van der Waals surface area contributed by atoms with Crippen molar-refractivity contribution >= 4 is 21.8 Å². The summed E-state index contributed by atoms with van der Waals surface area (Å²) in [5.74, 6) is -0.0592. The Labute approximate surface area is 172 Å². The van der Waals surface area contributed by atoms with Crippen molar-refractivity contribution in [1.29, 1.82) is 0 Å². The molecule has 0 radical (unpaired) electrons. The SMILES string of the molecule is Cc1ccccc1S(=O)(=O)N(CCCN1CCCC1=O)CC(=O)N1CCNCC1. The number of hydrogen-bond donors (Lipinski definition) is 1. The molecule has 2 heterocycles. The van der Waals surface area contributed by atoms with Crippen LogP contribution in [-0.2, 0) is 19.6 Å². The van der Waals surface area contributed by atoms with Crippen LogP contribution in [0.4, 0.5) is 0 Å². The van der Waals surface area contributed by atoms with Gasteiger partial charge in [-0.2, -0.15) is 4.31 Å². The first-order valence-electron chi connectivity index (χ1n) is 10.2. The Hall–Kier alpha value is -1.97. The zero-order valence-corrected chi connectivity index (χ0v) is 17.8. The average molecular weight is 423 g/mol. The van der Waals surface area contributed by atoms with Gasteiger partial charge in [-0.1, -0.05) is 18.2 Å². The molecule has 29 heavy (non-hydrogen) atoms. The van der Waals surface area contributed by atoms with Gasteiger partial charge in [-0.05, 0) is 31.4 Å². The minimum atomic E-state index is -3.81. The van der Waals surface area contributed by atoms with Gasteiger partial charge in [0.1, 0.15) is 0 Å². The number of nitrogens with zero attached hydrogens (tertiary/aromatic N) is 3. The number of aryl methyl sites for hydroxylation is 1. The van der Waals surface area contributed by atoms with Crippen LogP contribution < -0.4 is 5.32 Å². The zero-order chi connectivity index (χ0) is 20.9. The quantitative estimate of drug-likeness (QED) is 0.656. The molecule has 0 spiro atoms. The molecule has 2 aliphatic rings. The number of carbonyl (C=O) groups excluding carboxylic acids is 2. The molecular weight excluding hydrogens is 392 g/mol. The summed E-state index contributed by atoms with van der Waals surface area (Å²) in [6, 6.07) is 6.83. The second kappa shape index (κ2) is 9.69. The van der Waals surface area contributed by atoms with E-state index in [0.717, 1.165) is 13.0 Å². The Morgan fingerprint density at radius 3 is 2.55 bits per heavy atom. The molecule has 3 rings (SSSR count). The third kappa shape index (κ3) is 5.34. The van der Waals surface area contributed by atoms with E-state index in [-0.39, 0.29) is 29.8 Å². The number of hydrogen-bond acceptors (Lipinski definition) is 5. The first kappa shape index (κ1) is 21.7. The Morgan fingerprint density at radius 1 is 1.17 bits per heavy atom. The topological polar surface area (TPSA) is 90.0 Å². The van der Waals surface area contributed by atoms with Gasteiger partial charge in [-0.3, -0.25) is 9.59 Å². The normalized spacial score (nSPS) is 17.9. The highest BCUT2D eigenvalue weighted by Crippen LogP contribution is 2.20. The molecule has 2 amide bonds. The van der Waals surface area contributed by atoms with Gasteiger partial charge in [-0.25, -0.2) is 8.42 Å². The lowest BCUT2D eigenvalue weighted by molar-refractivity contribution is -0.132. The molecule has 2 fully saturated rings. The van der Waals surface area contributed by atoms with Crippen LogP contribution in [0.2, 0.25) is 0 Å². The number of sulfonamides is 1. The summed E-state index contributed by atoms with van der Waals surface area (Å²) in [5, 5.41) is 3.19. The van der Waals surface area contributed by atoms with Gasteiger partial charge in [0.25, 0.3) is 0 Å². The highest BCUT2D eigenvalue weighted by molar-refractivity contribution is 7.89. The van der Waals surface area contributed by atoms with E-state index in [1.54, 1.807) is 41.0 Å². The van der Waals surface area contributed by atoms with Crippen molar-refractivity contribution in [3.8, 4) is 0 Å². The summed E-state index contributed by atoms with van der Waals surface area (Å²) in [4.78, 5) is 28.3. The molecule has 160 valence electrons. The van der Waals surface area contributed by atoms with Crippen LogP contribution in [-0.4, -0.2) is 86.7 Å². The summed E-state index contributed by atoms with van der Waals surface area (Å²) in [6.07, 6.45) is 1.92. The summed E-state index contributed by atoms with van der Waals surface area (Å²) in [5.41, 5.74) is 0.654. The van der Waals surface area contributed by atoms with E-state index in [9.17, 15) is 18.0 Å². The van der Waals surface area contributed by atoms with E-state index in [1.165, 1.54) is 4.31 Å². The zero-order valence-electron chi connectivity index (χ0n) is 17.0. The minimum absolute atomic E-state index is 0.121. The molecule has 1 N–H and O–H groups in total. The maximum atomic E-state index is 13.3. The van der Waals surface area contributed by atoms with Gasteiger partial charge in [0.05, 0.1) is 11.4 Å². The second-order valence-corrected chi connectivity index (χ2v) is 9.48. The molecule has 0 atom stereocenters. The molecule has 2 aliphatic heterocycles. The maximum absolute atomic E-state index is 13.3. The van der Waals surface area contributed by atoms with Crippen LogP contribution >= 0.6 is 0 Å². The number of carbonyl (C=O) groups is 2. The van der Waals surface area contributed by atoms with Gasteiger partial charge >= 0.3 is 0 Å². The van der Waals surface area contributed by atoms with Gasteiger partial charge in [0.15, 0.2) is 0 Å². The van der Waals surface area contributed by atoms with Crippen LogP contribution in [0.1, 0.15) is 24.8 Å². The first-order chi connectivity index (χ1) is 13.9. The maximum Gasteiger partial charge on any atom is 0.243 e. The van der Waals surface area contributed by atoms with E-state index < -0.39 is 10.0 Å². The van der Waals surface area contributed by atoms with E-state index in [4.69, 9.17) is 0 Å².